The van der Waals surface area contributed by atoms with E-state index >= 15 is 0 Å². The van der Waals surface area contributed by atoms with Crippen LogP contribution in [-0.2, 0) is 34.2 Å². The van der Waals surface area contributed by atoms with Crippen molar-refractivity contribution >= 4 is 28.1 Å². The number of aromatic nitrogens is 5. The van der Waals surface area contributed by atoms with E-state index in [2.05, 4.69) is 51.4 Å². The molecule has 6 heteroatoms. The van der Waals surface area contributed by atoms with Gasteiger partial charge in [-0.2, -0.15) is 5.56 Å². The molecule has 0 aliphatic carbocycles. The van der Waals surface area contributed by atoms with E-state index in [-0.39, 0.29) is 20.1 Å². The summed E-state index contributed by atoms with van der Waals surface area (Å²) in [7, 11) is 4.08. The average Bonchev–Trinajstić information content (AvgIpc) is 3.66. The topological polar surface area (TPSA) is 48.5 Å². The zero-order valence-electron chi connectivity index (χ0n) is 27.0. The van der Waals surface area contributed by atoms with Crippen LogP contribution in [0.4, 0.5) is 0 Å². The van der Waals surface area contributed by atoms with E-state index in [9.17, 15) is 0 Å². The molecule has 3 heterocycles. The van der Waals surface area contributed by atoms with Crippen LogP contribution in [0.5, 0.6) is 0 Å². The molecule has 0 radical (unpaired) electrons. The summed E-state index contributed by atoms with van der Waals surface area (Å²) in [6, 6.07) is 50.9. The molecule has 0 spiro atoms. The number of aryl methyl sites for hydroxylation is 3. The number of imidazole rings is 2. The minimum absolute atomic E-state index is 0. The fourth-order valence-corrected chi connectivity index (χ4v) is 5.25. The Morgan fingerprint density at radius 3 is 1.65 bits per heavy atom. The van der Waals surface area contributed by atoms with Gasteiger partial charge in [-0.3, -0.25) is 16.5 Å². The third-order valence-electron chi connectivity index (χ3n) is 7.75. The first-order chi connectivity index (χ1) is 23.0. The molecule has 48 heavy (non-hydrogen) atoms. The van der Waals surface area contributed by atoms with Crippen LogP contribution in [0.15, 0.2) is 140 Å². The minimum Gasteiger partial charge on any atom is -0.359 e. The molecule has 0 amide bonds. The molecule has 0 saturated heterocycles. The smallest absolute Gasteiger partial charge is 0.359 e. The minimum atomic E-state index is 0. The second-order valence-corrected chi connectivity index (χ2v) is 11.0. The third kappa shape index (κ3) is 7.75. The molecule has 0 saturated carbocycles. The molecular weight excluding hydrogens is 767 g/mol. The Bertz CT molecular complexity index is 2140. The molecule has 8 aromatic rings. The number of rotatable bonds is 4. The number of hydrogen-bond donors (Lipinski definition) is 0. The van der Waals surface area contributed by atoms with Gasteiger partial charge >= 0.3 is 20.1 Å². The van der Waals surface area contributed by atoms with Gasteiger partial charge < -0.3 is 14.1 Å². The van der Waals surface area contributed by atoms with E-state index in [1.54, 1.807) is 12.3 Å². The predicted molar refractivity (Wildman–Crippen MR) is 193 cm³/mol. The molecule has 0 fully saturated rings. The fraction of sp³-hybridized carbons (Fsp3) is 0.0714. The van der Waals surface area contributed by atoms with Crippen molar-refractivity contribution in [3.8, 4) is 34.0 Å². The third-order valence-corrected chi connectivity index (χ3v) is 7.75. The molecule has 0 aliphatic rings. The summed E-state index contributed by atoms with van der Waals surface area (Å²) in [5.41, 5.74) is 10.5. The Balaban J connectivity index is 0.000000170. The van der Waals surface area contributed by atoms with Crippen molar-refractivity contribution in [1.82, 2.24) is 24.1 Å². The first-order valence-electron chi connectivity index (χ1n) is 15.4. The Hall–Kier alpha value is -5.42. The summed E-state index contributed by atoms with van der Waals surface area (Å²) >= 11 is 0. The van der Waals surface area contributed by atoms with Crippen LogP contribution in [0, 0.1) is 25.6 Å². The van der Waals surface area contributed by atoms with Gasteiger partial charge in [0.05, 0.1) is 33.7 Å². The first kappa shape index (κ1) is 33.9. The monoisotopic (exact) mass is 801 g/mol. The van der Waals surface area contributed by atoms with Crippen molar-refractivity contribution in [2.75, 3.05) is 0 Å². The van der Waals surface area contributed by atoms with Crippen molar-refractivity contribution < 1.29 is 20.1 Å². The van der Waals surface area contributed by atoms with Gasteiger partial charge in [-0.1, -0.05) is 72.6 Å². The second-order valence-electron chi connectivity index (χ2n) is 11.0. The van der Waals surface area contributed by atoms with Crippen LogP contribution in [0.3, 0.4) is 0 Å². The van der Waals surface area contributed by atoms with Crippen molar-refractivity contribution in [3.05, 3.63) is 169 Å². The quantitative estimate of drug-likeness (QED) is 0.167. The molecule has 3 aromatic heterocycles. The summed E-state index contributed by atoms with van der Waals surface area (Å²) in [5, 5.41) is 0. The Morgan fingerprint density at radius 2 is 1.17 bits per heavy atom. The van der Waals surface area contributed by atoms with Crippen LogP contribution in [0.1, 0.15) is 11.1 Å². The van der Waals surface area contributed by atoms with Crippen LogP contribution in [0.2, 0.25) is 0 Å². The predicted octanol–water partition coefficient (Wildman–Crippen LogP) is 9.58. The summed E-state index contributed by atoms with van der Waals surface area (Å²) in [6.07, 6.45) is 3.38. The first-order valence-corrected chi connectivity index (χ1v) is 15.4. The second kappa shape index (κ2) is 15.9. The van der Waals surface area contributed by atoms with Crippen molar-refractivity contribution in [2.24, 2.45) is 14.1 Å². The van der Waals surface area contributed by atoms with Gasteiger partial charge in [-0.15, -0.1) is 71.8 Å². The van der Waals surface area contributed by atoms with E-state index in [0.717, 1.165) is 61.7 Å². The number of nitrogens with zero attached hydrogens (tertiary/aromatic N) is 5. The van der Waals surface area contributed by atoms with Gasteiger partial charge in [0, 0.05) is 20.3 Å². The van der Waals surface area contributed by atoms with E-state index < -0.39 is 0 Å². The number of fused-ring (bicyclic) bond motifs is 2. The number of hydrogen-bond acceptors (Lipinski definition) is 3. The van der Waals surface area contributed by atoms with Gasteiger partial charge in [-0.25, -0.2) is 6.08 Å². The zero-order chi connectivity index (χ0) is 32.6. The maximum Gasteiger partial charge on any atom is 3.00 e. The molecule has 8 rings (SSSR count). The van der Waals surface area contributed by atoms with Gasteiger partial charge in [-0.05, 0) is 36.0 Å². The summed E-state index contributed by atoms with van der Waals surface area (Å²) < 4.78 is 4.22. The van der Waals surface area contributed by atoms with Gasteiger partial charge in [0.1, 0.15) is 0 Å². The van der Waals surface area contributed by atoms with Crippen LogP contribution < -0.4 is 0 Å². The molecule has 0 bridgehead atoms. The van der Waals surface area contributed by atoms with E-state index in [1.165, 1.54) is 5.56 Å². The van der Waals surface area contributed by atoms with Crippen LogP contribution >= 0.6 is 0 Å². The van der Waals surface area contributed by atoms with Gasteiger partial charge in [0.15, 0.2) is 0 Å². The standard InChI is InChI=1S/C22H17N4.C12H10N.C8H7.Ir/c1-25-19-12-5-3-10-17(19)23-21(25)15-8-7-9-16(14-15)22-24-18-11-4-6-13-20(18)26(22)2;1-10-5-7-11(8-6-10)12-4-2-3-9-13-12;1-2-8-6-4-3-5-7-8;/h3-13H,1-2H3;2-7,9H,1H3;1-7H;/q3*-1;+3. The molecule has 0 N–H and O–H groups in total. The molecule has 0 unspecified atom stereocenters. The summed E-state index contributed by atoms with van der Waals surface area (Å²) in [6.45, 7) is 7.28. The molecular formula is C42H34IrN5. The van der Waals surface area contributed by atoms with E-state index in [4.69, 9.17) is 16.5 Å². The largest absolute Gasteiger partial charge is 3.00 e. The number of para-hydroxylation sites is 4. The fourth-order valence-electron chi connectivity index (χ4n) is 5.25. The normalized spacial score (nSPS) is 10.3. The maximum atomic E-state index is 5.22. The van der Waals surface area contributed by atoms with Gasteiger partial charge in [0.2, 0.25) is 0 Å². The SMILES string of the molecule is Cc1c[c-]c(-c2ccccn2)cc1.Cn1c(-c2[c-]c(-c3nc4ccccc4n3C)ccc2)nc2ccccc21.[CH-]=Cc1ccccc1.[Ir+3]. The number of pyridine rings is 1. The van der Waals surface area contributed by atoms with Crippen molar-refractivity contribution in [2.45, 2.75) is 6.92 Å². The Morgan fingerprint density at radius 1 is 0.604 bits per heavy atom. The molecule has 0 atom stereocenters. The Labute approximate surface area is 295 Å². The molecule has 5 aromatic carbocycles. The molecule has 0 aliphatic heterocycles. The van der Waals surface area contributed by atoms with E-state index in [1.807, 2.05) is 129 Å². The summed E-state index contributed by atoms with van der Waals surface area (Å²) in [4.78, 5) is 13.8. The molecule has 236 valence electrons. The summed E-state index contributed by atoms with van der Waals surface area (Å²) in [5.74, 6) is 1.82. The average molecular weight is 801 g/mol. The van der Waals surface area contributed by atoms with Crippen LogP contribution in [-0.4, -0.2) is 24.1 Å². The molecule has 5 nitrogen and oxygen atoms in total. The van der Waals surface area contributed by atoms with E-state index in [0.29, 0.717) is 0 Å². The Kier molecular flexibility index (Phi) is 11.3. The van der Waals surface area contributed by atoms with Crippen molar-refractivity contribution in [1.29, 1.82) is 0 Å². The maximum absolute atomic E-state index is 5.22. The van der Waals surface area contributed by atoms with Gasteiger partial charge in [0.25, 0.3) is 0 Å². The number of benzene rings is 5. The zero-order valence-corrected chi connectivity index (χ0v) is 29.4. The van der Waals surface area contributed by atoms with Crippen LogP contribution in [0.25, 0.3) is 62.2 Å². The van der Waals surface area contributed by atoms with Crippen molar-refractivity contribution in [3.63, 3.8) is 0 Å².